The molecule has 1 aliphatic rings. The summed E-state index contributed by atoms with van der Waals surface area (Å²) in [5.74, 6) is -0.625. The highest BCUT2D eigenvalue weighted by molar-refractivity contribution is 7.89. The molecule has 2 rings (SSSR count). The first-order valence-electron chi connectivity index (χ1n) is 5.80. The summed E-state index contributed by atoms with van der Waals surface area (Å²) in [6.07, 6.45) is 0.635. The van der Waals surface area contributed by atoms with Crippen LogP contribution in [0.4, 0.5) is 0 Å². The number of ether oxygens (including phenoxy) is 1. The molecule has 2 N–H and O–H groups in total. The van der Waals surface area contributed by atoms with Crippen LogP contribution in [0, 0.1) is 6.92 Å². The number of thiophene rings is 1. The van der Waals surface area contributed by atoms with Gasteiger partial charge in [0.2, 0.25) is 10.0 Å². The Hall–Kier alpha value is -0.960. The zero-order chi connectivity index (χ0) is 14.2. The Kier molecular flexibility index (Phi) is 3.95. The highest BCUT2D eigenvalue weighted by atomic mass is 32.2. The molecule has 8 heteroatoms. The minimum atomic E-state index is -3.68. The Labute approximate surface area is 116 Å². The molecule has 0 unspecified atom stereocenters. The van der Waals surface area contributed by atoms with Gasteiger partial charge in [0.1, 0.15) is 9.77 Å². The van der Waals surface area contributed by atoms with Crippen molar-refractivity contribution in [1.29, 1.82) is 0 Å². The lowest BCUT2D eigenvalue weighted by Gasteiger charge is -2.16. The number of esters is 1. The van der Waals surface area contributed by atoms with E-state index in [2.05, 4.69) is 4.74 Å². The van der Waals surface area contributed by atoms with Crippen LogP contribution in [-0.4, -0.2) is 44.9 Å². The van der Waals surface area contributed by atoms with E-state index in [-0.39, 0.29) is 22.4 Å². The van der Waals surface area contributed by atoms with Crippen molar-refractivity contribution in [1.82, 2.24) is 4.31 Å². The number of nitrogens with zero attached hydrogens (tertiary/aromatic N) is 1. The van der Waals surface area contributed by atoms with Crippen molar-refractivity contribution in [3.8, 4) is 0 Å². The molecule has 0 spiro atoms. The molecule has 1 saturated heterocycles. The van der Waals surface area contributed by atoms with Crippen LogP contribution >= 0.6 is 11.3 Å². The lowest BCUT2D eigenvalue weighted by Crippen LogP contribution is -2.32. The molecule has 1 aromatic heterocycles. The largest absolute Gasteiger partial charge is 0.465 e. The standard InChI is InChI=1S/C11H16N2O4S2/c1-7-6-18-9(11(14)17-2)10(7)19(15,16)13-4-3-8(12)5-13/h6,8H,3-5,12H2,1-2H3/t8-/m0/s1. The van der Waals surface area contributed by atoms with Gasteiger partial charge in [-0.15, -0.1) is 11.3 Å². The number of nitrogens with two attached hydrogens (primary N) is 1. The molecule has 0 bridgehead atoms. The molecule has 1 aliphatic heterocycles. The second-order valence-corrected chi connectivity index (χ2v) is 7.23. The van der Waals surface area contributed by atoms with E-state index in [0.717, 1.165) is 11.3 Å². The first kappa shape index (κ1) is 14.4. The van der Waals surface area contributed by atoms with Gasteiger partial charge >= 0.3 is 5.97 Å². The monoisotopic (exact) mass is 304 g/mol. The summed E-state index contributed by atoms with van der Waals surface area (Å²) in [5.41, 5.74) is 6.30. The van der Waals surface area contributed by atoms with E-state index >= 15 is 0 Å². The molecule has 0 amide bonds. The van der Waals surface area contributed by atoms with Gasteiger partial charge in [-0.1, -0.05) is 0 Å². The third kappa shape index (κ3) is 2.53. The quantitative estimate of drug-likeness (QED) is 0.824. The molecule has 1 fully saturated rings. The van der Waals surface area contributed by atoms with E-state index in [0.29, 0.717) is 18.5 Å². The lowest BCUT2D eigenvalue weighted by atomic mass is 10.3. The molecule has 0 aromatic carbocycles. The smallest absolute Gasteiger partial charge is 0.349 e. The lowest BCUT2D eigenvalue weighted by molar-refractivity contribution is 0.0602. The van der Waals surface area contributed by atoms with Gasteiger partial charge in [-0.2, -0.15) is 4.31 Å². The SMILES string of the molecule is COC(=O)c1scc(C)c1S(=O)(=O)N1CC[C@H](N)C1. The molecule has 106 valence electrons. The maximum Gasteiger partial charge on any atom is 0.349 e. The van der Waals surface area contributed by atoms with Crippen molar-refractivity contribution in [2.75, 3.05) is 20.2 Å². The minimum Gasteiger partial charge on any atom is -0.465 e. The minimum absolute atomic E-state index is 0.0541. The predicted octanol–water partition coefficient (Wildman–Crippen LogP) is 0.565. The normalized spacial score (nSPS) is 20.7. The number of aryl methyl sites for hydroxylation is 1. The van der Waals surface area contributed by atoms with E-state index < -0.39 is 16.0 Å². The van der Waals surface area contributed by atoms with Gasteiger partial charge in [-0.25, -0.2) is 13.2 Å². The average molecular weight is 304 g/mol. The molecule has 19 heavy (non-hydrogen) atoms. The zero-order valence-electron chi connectivity index (χ0n) is 10.8. The van der Waals surface area contributed by atoms with Crippen molar-refractivity contribution in [2.45, 2.75) is 24.3 Å². The highest BCUT2D eigenvalue weighted by Gasteiger charge is 2.36. The van der Waals surface area contributed by atoms with Crippen molar-refractivity contribution in [3.05, 3.63) is 15.8 Å². The Bertz CT molecular complexity index is 594. The zero-order valence-corrected chi connectivity index (χ0v) is 12.4. The van der Waals surface area contributed by atoms with Gasteiger partial charge in [0, 0.05) is 19.1 Å². The van der Waals surface area contributed by atoms with Crippen molar-refractivity contribution in [3.63, 3.8) is 0 Å². The van der Waals surface area contributed by atoms with Crippen molar-refractivity contribution in [2.24, 2.45) is 5.73 Å². The summed E-state index contributed by atoms with van der Waals surface area (Å²) in [6, 6.07) is -0.143. The van der Waals surface area contributed by atoms with Gasteiger partial charge in [-0.05, 0) is 24.3 Å². The van der Waals surface area contributed by atoms with E-state index in [1.807, 2.05) is 0 Å². The fourth-order valence-corrected chi connectivity index (χ4v) is 5.26. The number of rotatable bonds is 3. The number of sulfonamides is 1. The second kappa shape index (κ2) is 5.20. The summed E-state index contributed by atoms with van der Waals surface area (Å²) < 4.78 is 31.1. The molecule has 2 heterocycles. The third-order valence-corrected chi connectivity index (χ3v) is 6.33. The molecule has 0 saturated carbocycles. The van der Waals surface area contributed by atoms with Crippen LogP contribution in [0.25, 0.3) is 0 Å². The number of carbonyl (C=O) groups is 1. The predicted molar refractivity (Wildman–Crippen MR) is 71.7 cm³/mol. The summed E-state index contributed by atoms with van der Waals surface area (Å²) in [5, 5.41) is 1.65. The van der Waals surface area contributed by atoms with Crippen LogP contribution in [-0.2, 0) is 14.8 Å². The maximum absolute atomic E-state index is 12.6. The first-order chi connectivity index (χ1) is 8.87. The van der Waals surface area contributed by atoms with Gasteiger partial charge < -0.3 is 10.5 Å². The highest BCUT2D eigenvalue weighted by Crippen LogP contribution is 2.31. The molecule has 1 aromatic rings. The van der Waals surface area contributed by atoms with Crippen LogP contribution in [0.15, 0.2) is 10.3 Å². The Balaban J connectivity index is 2.46. The Morgan fingerprint density at radius 1 is 1.58 bits per heavy atom. The van der Waals surface area contributed by atoms with E-state index in [1.54, 1.807) is 12.3 Å². The molecule has 0 radical (unpaired) electrons. The van der Waals surface area contributed by atoms with Crippen LogP contribution in [0.3, 0.4) is 0 Å². The van der Waals surface area contributed by atoms with E-state index in [1.165, 1.54) is 11.4 Å². The first-order valence-corrected chi connectivity index (χ1v) is 8.12. The number of hydrogen-bond acceptors (Lipinski definition) is 6. The maximum atomic E-state index is 12.6. The third-order valence-electron chi connectivity index (χ3n) is 3.07. The van der Waals surface area contributed by atoms with Gasteiger partial charge in [-0.3, -0.25) is 0 Å². The molecular weight excluding hydrogens is 288 g/mol. The summed E-state index contributed by atoms with van der Waals surface area (Å²) in [4.78, 5) is 11.8. The number of hydrogen-bond donors (Lipinski definition) is 1. The fraction of sp³-hybridized carbons (Fsp3) is 0.545. The Morgan fingerprint density at radius 2 is 2.26 bits per heavy atom. The molecular formula is C11H16N2O4S2. The summed E-state index contributed by atoms with van der Waals surface area (Å²) in [7, 11) is -2.45. The van der Waals surface area contributed by atoms with E-state index in [9.17, 15) is 13.2 Å². The second-order valence-electron chi connectivity index (χ2n) is 4.48. The van der Waals surface area contributed by atoms with Crippen LogP contribution in [0.1, 0.15) is 21.7 Å². The van der Waals surface area contributed by atoms with Gasteiger partial charge in [0.25, 0.3) is 0 Å². The van der Waals surface area contributed by atoms with Crippen LogP contribution in [0.2, 0.25) is 0 Å². The molecule has 6 nitrogen and oxygen atoms in total. The number of carbonyl (C=O) groups excluding carboxylic acids is 1. The van der Waals surface area contributed by atoms with E-state index in [4.69, 9.17) is 5.73 Å². The van der Waals surface area contributed by atoms with Gasteiger partial charge in [0.15, 0.2) is 0 Å². The average Bonchev–Trinajstić information content (AvgIpc) is 2.95. The topological polar surface area (TPSA) is 89.7 Å². The molecule has 0 aliphatic carbocycles. The Morgan fingerprint density at radius 3 is 2.79 bits per heavy atom. The number of methoxy groups -OCH3 is 1. The van der Waals surface area contributed by atoms with Crippen LogP contribution < -0.4 is 5.73 Å². The van der Waals surface area contributed by atoms with Crippen LogP contribution in [0.5, 0.6) is 0 Å². The fourth-order valence-electron chi connectivity index (χ4n) is 2.09. The van der Waals surface area contributed by atoms with Crippen molar-refractivity contribution >= 4 is 27.3 Å². The summed E-state index contributed by atoms with van der Waals surface area (Å²) >= 11 is 1.08. The molecule has 1 atom stereocenters. The van der Waals surface area contributed by atoms with Gasteiger partial charge in [0.05, 0.1) is 7.11 Å². The van der Waals surface area contributed by atoms with Crippen molar-refractivity contribution < 1.29 is 17.9 Å². The summed E-state index contributed by atoms with van der Waals surface area (Å²) in [6.45, 7) is 2.35.